The van der Waals surface area contributed by atoms with Crippen LogP contribution in [0.3, 0.4) is 0 Å². The van der Waals surface area contributed by atoms with Crippen LogP contribution in [0.15, 0.2) is 11.0 Å². The highest BCUT2D eigenvalue weighted by molar-refractivity contribution is 5.35. The van der Waals surface area contributed by atoms with Crippen molar-refractivity contribution in [2.75, 3.05) is 18.9 Å². The van der Waals surface area contributed by atoms with Gasteiger partial charge in [0.2, 0.25) is 5.72 Å². The normalized spacial score (nSPS) is 31.8. The van der Waals surface area contributed by atoms with Gasteiger partial charge >= 0.3 is 5.69 Å². The Balaban J connectivity index is 2.59. The summed E-state index contributed by atoms with van der Waals surface area (Å²) in [5.74, 6) is 0.0670. The quantitative estimate of drug-likeness (QED) is 0.461. The summed E-state index contributed by atoms with van der Waals surface area (Å²) in [5.41, 5.74) is 3.51. The lowest BCUT2D eigenvalue weighted by molar-refractivity contribution is -0.154. The molecule has 0 aromatic carbocycles. The maximum Gasteiger partial charge on any atom is 0.352 e. The number of nitrogens with zero attached hydrogens (tertiary/aromatic N) is 2. The Kier molecular flexibility index (Phi) is 3.11. The molecule has 2 heterocycles. The first-order valence-corrected chi connectivity index (χ1v) is 5.39. The van der Waals surface area contributed by atoms with Crippen LogP contribution in [0.2, 0.25) is 0 Å². The van der Waals surface area contributed by atoms with E-state index >= 15 is 0 Å². The molecule has 18 heavy (non-hydrogen) atoms. The van der Waals surface area contributed by atoms with Crippen molar-refractivity contribution in [1.29, 1.82) is 0 Å². The van der Waals surface area contributed by atoms with Gasteiger partial charge in [-0.25, -0.2) is 4.79 Å². The van der Waals surface area contributed by atoms with Gasteiger partial charge in [0.1, 0.15) is 18.0 Å². The Hall–Kier alpha value is -1.48. The number of rotatable bonds is 2. The van der Waals surface area contributed by atoms with Crippen molar-refractivity contribution in [2.45, 2.75) is 24.9 Å². The van der Waals surface area contributed by atoms with Crippen molar-refractivity contribution in [1.82, 2.24) is 9.55 Å². The summed E-state index contributed by atoms with van der Waals surface area (Å²) >= 11 is 0. The Morgan fingerprint density at radius 1 is 1.67 bits per heavy atom. The van der Waals surface area contributed by atoms with Gasteiger partial charge in [-0.15, -0.1) is 0 Å². The zero-order chi connectivity index (χ0) is 13.5. The Morgan fingerprint density at radius 2 is 2.33 bits per heavy atom. The van der Waals surface area contributed by atoms with Crippen LogP contribution in [0.5, 0.6) is 0 Å². The van der Waals surface area contributed by atoms with E-state index in [0.29, 0.717) is 5.56 Å². The molecule has 1 aliphatic heterocycles. The van der Waals surface area contributed by atoms with Crippen LogP contribution in [0.1, 0.15) is 5.56 Å². The van der Waals surface area contributed by atoms with Gasteiger partial charge in [0, 0.05) is 11.8 Å². The number of nitrogen functional groups attached to an aromatic ring is 1. The maximum absolute atomic E-state index is 11.8. The second-order valence-electron chi connectivity index (χ2n) is 4.29. The number of aliphatic hydroxyl groups excluding tert-OH is 3. The SMILES string of the molecule is Cc1cn([C@@]2(CO)OC[C@H](O)[C@@H]2O)c(=O)nc1N. The number of aliphatic hydroxyl groups is 3. The van der Waals surface area contributed by atoms with E-state index in [-0.39, 0.29) is 12.4 Å². The molecule has 0 aliphatic carbocycles. The minimum Gasteiger partial charge on any atom is -0.391 e. The van der Waals surface area contributed by atoms with Gasteiger partial charge < -0.3 is 25.8 Å². The van der Waals surface area contributed by atoms with E-state index in [9.17, 15) is 20.1 Å². The highest BCUT2D eigenvalue weighted by atomic mass is 16.6. The van der Waals surface area contributed by atoms with Gasteiger partial charge in [0.05, 0.1) is 13.2 Å². The predicted octanol–water partition coefficient (Wildman–Crippen LogP) is -2.47. The van der Waals surface area contributed by atoms with Crippen LogP contribution < -0.4 is 11.4 Å². The number of aromatic nitrogens is 2. The van der Waals surface area contributed by atoms with Crippen molar-refractivity contribution in [3.63, 3.8) is 0 Å². The predicted molar refractivity (Wildman–Crippen MR) is 60.7 cm³/mol. The van der Waals surface area contributed by atoms with Crippen LogP contribution >= 0.6 is 0 Å². The Morgan fingerprint density at radius 3 is 2.83 bits per heavy atom. The molecule has 8 nitrogen and oxygen atoms in total. The summed E-state index contributed by atoms with van der Waals surface area (Å²) in [4.78, 5) is 15.4. The first-order chi connectivity index (χ1) is 8.42. The highest BCUT2D eigenvalue weighted by Gasteiger charge is 2.51. The number of hydrogen-bond donors (Lipinski definition) is 4. The minimum atomic E-state index is -1.72. The Bertz CT molecular complexity index is 517. The molecule has 1 aromatic rings. The Labute approximate surface area is 102 Å². The average Bonchev–Trinajstić information content (AvgIpc) is 2.62. The topological polar surface area (TPSA) is 131 Å². The number of aryl methyl sites for hydroxylation is 1. The molecule has 5 N–H and O–H groups in total. The summed E-state index contributed by atoms with van der Waals surface area (Å²) < 4.78 is 6.17. The molecule has 3 atom stereocenters. The summed E-state index contributed by atoms with van der Waals surface area (Å²) in [5, 5.41) is 28.8. The molecule has 8 heteroatoms. The molecular formula is C10H15N3O5. The molecule has 2 rings (SSSR count). The fourth-order valence-electron chi connectivity index (χ4n) is 1.97. The van der Waals surface area contributed by atoms with Crippen molar-refractivity contribution in [3.05, 3.63) is 22.2 Å². The van der Waals surface area contributed by atoms with E-state index in [1.807, 2.05) is 0 Å². The van der Waals surface area contributed by atoms with Gasteiger partial charge in [0.15, 0.2) is 0 Å². The summed E-state index contributed by atoms with van der Waals surface area (Å²) in [6.07, 6.45) is -1.27. The van der Waals surface area contributed by atoms with E-state index in [2.05, 4.69) is 4.98 Å². The molecule has 1 fully saturated rings. The largest absolute Gasteiger partial charge is 0.391 e. The van der Waals surface area contributed by atoms with Gasteiger partial charge in [-0.05, 0) is 6.92 Å². The third-order valence-electron chi connectivity index (χ3n) is 3.11. The molecule has 0 unspecified atom stereocenters. The fraction of sp³-hybridized carbons (Fsp3) is 0.600. The zero-order valence-electron chi connectivity index (χ0n) is 9.78. The molecule has 0 saturated carbocycles. The smallest absolute Gasteiger partial charge is 0.352 e. The summed E-state index contributed by atoms with van der Waals surface area (Å²) in [7, 11) is 0. The van der Waals surface area contributed by atoms with Crippen molar-refractivity contribution < 1.29 is 20.1 Å². The number of anilines is 1. The molecule has 0 spiro atoms. The third-order valence-corrected chi connectivity index (χ3v) is 3.11. The number of ether oxygens (including phenoxy) is 1. The molecule has 1 saturated heterocycles. The lowest BCUT2D eigenvalue weighted by Gasteiger charge is -2.31. The molecule has 0 amide bonds. The number of nitrogens with two attached hydrogens (primary N) is 1. The standard InChI is InChI=1S/C10H15N3O5/c1-5-2-13(9(17)12-8(5)11)10(4-14)7(16)6(15)3-18-10/h2,6-7,14-16H,3-4H2,1H3,(H2,11,12,17)/t6-,7-,10-/m0/s1. The van der Waals surface area contributed by atoms with Crippen LogP contribution in [-0.4, -0.2) is 50.3 Å². The fourth-order valence-corrected chi connectivity index (χ4v) is 1.97. The van der Waals surface area contributed by atoms with Crippen LogP contribution in [0.25, 0.3) is 0 Å². The van der Waals surface area contributed by atoms with Crippen molar-refractivity contribution in [3.8, 4) is 0 Å². The number of hydrogen-bond acceptors (Lipinski definition) is 7. The zero-order valence-corrected chi connectivity index (χ0v) is 9.78. The van der Waals surface area contributed by atoms with Gasteiger partial charge in [-0.1, -0.05) is 0 Å². The molecule has 1 aliphatic rings. The molecule has 1 aromatic heterocycles. The first kappa shape index (κ1) is 13.0. The molecule has 0 bridgehead atoms. The highest BCUT2D eigenvalue weighted by Crippen LogP contribution is 2.30. The summed E-state index contributed by atoms with van der Waals surface area (Å²) in [6, 6.07) is 0. The van der Waals surface area contributed by atoms with Gasteiger partial charge in [0.25, 0.3) is 0 Å². The van der Waals surface area contributed by atoms with Gasteiger partial charge in [-0.2, -0.15) is 4.98 Å². The lowest BCUT2D eigenvalue weighted by atomic mass is 10.1. The van der Waals surface area contributed by atoms with Crippen LogP contribution in [0, 0.1) is 6.92 Å². The second-order valence-corrected chi connectivity index (χ2v) is 4.29. The molecule has 100 valence electrons. The van der Waals surface area contributed by atoms with Crippen molar-refractivity contribution >= 4 is 5.82 Å². The minimum absolute atomic E-state index is 0.0670. The third kappa shape index (κ3) is 1.70. The molecule has 0 radical (unpaired) electrons. The lowest BCUT2D eigenvalue weighted by Crippen LogP contribution is -2.53. The molecular weight excluding hydrogens is 242 g/mol. The summed E-state index contributed by atoms with van der Waals surface area (Å²) in [6.45, 7) is 0.773. The monoisotopic (exact) mass is 257 g/mol. The van der Waals surface area contributed by atoms with Crippen LogP contribution in [0.4, 0.5) is 5.82 Å². The van der Waals surface area contributed by atoms with E-state index in [1.54, 1.807) is 6.92 Å². The van der Waals surface area contributed by atoms with Crippen molar-refractivity contribution in [2.24, 2.45) is 0 Å². The maximum atomic E-state index is 11.8. The van der Waals surface area contributed by atoms with E-state index in [0.717, 1.165) is 4.57 Å². The first-order valence-electron chi connectivity index (χ1n) is 5.39. The van der Waals surface area contributed by atoms with E-state index in [1.165, 1.54) is 6.20 Å². The van der Waals surface area contributed by atoms with Crippen LogP contribution in [-0.2, 0) is 10.5 Å². The van der Waals surface area contributed by atoms with E-state index < -0.39 is 30.2 Å². The second kappa shape index (κ2) is 4.32. The average molecular weight is 257 g/mol. The van der Waals surface area contributed by atoms with Gasteiger partial charge in [-0.3, -0.25) is 4.57 Å². The van der Waals surface area contributed by atoms with E-state index in [4.69, 9.17) is 10.5 Å².